The van der Waals surface area contributed by atoms with E-state index in [4.69, 9.17) is 5.26 Å². The molecule has 0 radical (unpaired) electrons. The van der Waals surface area contributed by atoms with Crippen molar-refractivity contribution >= 4 is 43.6 Å². The average Bonchev–Trinajstić information content (AvgIpc) is 2.44. The molecule has 108 valence electrons. The van der Waals surface area contributed by atoms with Crippen molar-refractivity contribution in [1.82, 2.24) is 9.97 Å². The Bertz CT molecular complexity index is 833. The number of benzene rings is 1. The fourth-order valence-corrected chi connectivity index (χ4v) is 3.25. The summed E-state index contributed by atoms with van der Waals surface area (Å²) in [7, 11) is 0. The molecule has 21 heavy (non-hydrogen) atoms. The first-order chi connectivity index (χ1) is 9.90. The normalized spacial score (nSPS) is 10.5. The minimum Gasteiger partial charge on any atom is -0.300 e. The zero-order valence-electron chi connectivity index (χ0n) is 10.3. The van der Waals surface area contributed by atoms with Crippen LogP contribution in [0.2, 0.25) is 0 Å². The highest BCUT2D eigenvalue weighted by atomic mass is 79.9. The van der Waals surface area contributed by atoms with Crippen molar-refractivity contribution in [3.05, 3.63) is 42.6 Å². The molecular weight excluding hydrogens is 432 g/mol. The lowest BCUT2D eigenvalue weighted by atomic mass is 10.1. The number of aromatic nitrogens is 2. The predicted octanol–water partition coefficient (Wildman–Crippen LogP) is 3.83. The highest BCUT2D eigenvalue weighted by Crippen LogP contribution is 2.36. The van der Waals surface area contributed by atoms with Crippen LogP contribution in [-0.2, 0) is 0 Å². The number of thioether (sulfide) groups is 1. The zero-order chi connectivity index (χ0) is 15.7. The summed E-state index contributed by atoms with van der Waals surface area (Å²) in [5.41, 5.74) is -1.56. The second kappa shape index (κ2) is 6.25. The van der Waals surface area contributed by atoms with E-state index in [1.54, 1.807) is 12.3 Å². The Balaban J connectivity index is 2.92. The largest absolute Gasteiger partial charge is 0.300 e. The third-order valence-corrected chi connectivity index (χ3v) is 4.46. The summed E-state index contributed by atoms with van der Waals surface area (Å²) < 4.78 is 27.8. The maximum absolute atomic E-state index is 14.2. The van der Waals surface area contributed by atoms with Crippen LogP contribution in [0.4, 0.5) is 8.78 Å². The van der Waals surface area contributed by atoms with Crippen LogP contribution in [0.15, 0.2) is 25.0 Å². The van der Waals surface area contributed by atoms with Gasteiger partial charge in [0.1, 0.15) is 23.1 Å². The number of nitrogens with zero attached hydrogens (tertiary/aromatic N) is 2. The van der Waals surface area contributed by atoms with Crippen LogP contribution in [0.5, 0.6) is 0 Å². The van der Waals surface area contributed by atoms with E-state index in [-0.39, 0.29) is 30.9 Å². The van der Waals surface area contributed by atoms with Gasteiger partial charge < -0.3 is 4.98 Å². The van der Waals surface area contributed by atoms with E-state index in [2.05, 4.69) is 41.8 Å². The molecule has 1 N–H and O–H groups in total. The Kier molecular flexibility index (Phi) is 4.81. The van der Waals surface area contributed by atoms with E-state index >= 15 is 0 Å². The van der Waals surface area contributed by atoms with Crippen LogP contribution >= 0.6 is 43.6 Å². The molecule has 2 aromatic rings. The lowest BCUT2D eigenvalue weighted by Gasteiger charge is -2.10. The lowest BCUT2D eigenvalue weighted by molar-refractivity contribution is 0.590. The molecule has 0 aliphatic heterocycles. The molecule has 4 nitrogen and oxygen atoms in total. The van der Waals surface area contributed by atoms with Crippen molar-refractivity contribution in [2.75, 3.05) is 6.26 Å². The Morgan fingerprint density at radius 2 is 2.10 bits per heavy atom. The zero-order valence-corrected chi connectivity index (χ0v) is 14.3. The minimum atomic E-state index is -0.809. The molecule has 0 saturated heterocycles. The summed E-state index contributed by atoms with van der Waals surface area (Å²) in [4.78, 5) is 18.2. The van der Waals surface area contributed by atoms with Gasteiger partial charge in [-0.1, -0.05) is 11.8 Å². The van der Waals surface area contributed by atoms with Crippen LogP contribution in [0.3, 0.4) is 0 Å². The maximum Gasteiger partial charge on any atom is 0.270 e. The summed E-state index contributed by atoms with van der Waals surface area (Å²) in [5.74, 6) is -1.56. The molecule has 0 bridgehead atoms. The third-order valence-electron chi connectivity index (χ3n) is 2.55. The SMILES string of the molecule is CSc1nc(-c2c(F)cc(Br)c(F)c2Br)c(C#N)c(=O)[nH]1. The first kappa shape index (κ1) is 16.1. The number of rotatable bonds is 2. The van der Waals surface area contributed by atoms with Gasteiger partial charge in [-0.3, -0.25) is 4.79 Å². The van der Waals surface area contributed by atoms with Crippen LogP contribution in [0.1, 0.15) is 5.56 Å². The monoisotopic (exact) mass is 435 g/mol. The Morgan fingerprint density at radius 1 is 1.43 bits per heavy atom. The van der Waals surface area contributed by atoms with Gasteiger partial charge in [0.15, 0.2) is 11.0 Å². The van der Waals surface area contributed by atoms with Gasteiger partial charge >= 0.3 is 0 Å². The standard InChI is InChI=1S/C12H5Br2F2N3OS/c1-21-12-18-10(4(3-17)11(20)19-12)7-6(15)2-5(13)9(16)8(7)14/h2H,1H3,(H,18,19,20). The molecule has 0 spiro atoms. The smallest absolute Gasteiger partial charge is 0.270 e. The summed E-state index contributed by atoms with van der Waals surface area (Å²) in [6, 6.07) is 2.58. The van der Waals surface area contributed by atoms with Gasteiger partial charge in [0.05, 0.1) is 14.5 Å². The van der Waals surface area contributed by atoms with Crippen molar-refractivity contribution in [3.8, 4) is 17.3 Å². The second-order valence-corrected chi connectivity index (χ2v) is 6.20. The van der Waals surface area contributed by atoms with Crippen LogP contribution in [-0.4, -0.2) is 16.2 Å². The summed E-state index contributed by atoms with van der Waals surface area (Å²) in [6.07, 6.45) is 1.65. The van der Waals surface area contributed by atoms with Crippen molar-refractivity contribution in [1.29, 1.82) is 5.26 Å². The van der Waals surface area contributed by atoms with Crippen molar-refractivity contribution in [3.63, 3.8) is 0 Å². The van der Waals surface area contributed by atoms with Crippen molar-refractivity contribution in [2.45, 2.75) is 5.16 Å². The highest BCUT2D eigenvalue weighted by Gasteiger charge is 2.23. The molecule has 1 heterocycles. The van der Waals surface area contributed by atoms with Gasteiger partial charge in [-0.15, -0.1) is 0 Å². The Labute approximate surface area is 138 Å². The number of hydrogen-bond acceptors (Lipinski definition) is 4. The molecule has 0 amide bonds. The topological polar surface area (TPSA) is 69.5 Å². The maximum atomic E-state index is 14.2. The summed E-state index contributed by atoms with van der Waals surface area (Å²) in [6.45, 7) is 0. The molecule has 0 fully saturated rings. The van der Waals surface area contributed by atoms with Gasteiger partial charge in [0, 0.05) is 0 Å². The summed E-state index contributed by atoms with van der Waals surface area (Å²) >= 11 is 6.93. The van der Waals surface area contributed by atoms with Crippen LogP contribution in [0, 0.1) is 23.0 Å². The molecule has 0 unspecified atom stereocenters. The molecule has 1 aromatic carbocycles. The molecule has 1 aromatic heterocycles. The highest BCUT2D eigenvalue weighted by molar-refractivity contribution is 9.11. The first-order valence-electron chi connectivity index (χ1n) is 5.32. The van der Waals surface area contributed by atoms with Crippen LogP contribution in [0.25, 0.3) is 11.3 Å². The fourth-order valence-electron chi connectivity index (χ4n) is 1.62. The minimum absolute atomic E-state index is 0.0796. The molecule has 0 aliphatic carbocycles. The number of hydrogen-bond donors (Lipinski definition) is 1. The van der Waals surface area contributed by atoms with Crippen molar-refractivity contribution in [2.24, 2.45) is 0 Å². The predicted molar refractivity (Wildman–Crippen MR) is 82.1 cm³/mol. The number of aromatic amines is 1. The van der Waals surface area contributed by atoms with E-state index in [0.29, 0.717) is 0 Å². The third kappa shape index (κ3) is 2.88. The Hall–Kier alpha value is -1.24. The molecule has 0 saturated carbocycles. The van der Waals surface area contributed by atoms with Gasteiger partial charge in [-0.25, -0.2) is 13.8 Å². The van der Waals surface area contributed by atoms with E-state index in [1.165, 1.54) is 0 Å². The molecule has 0 atom stereocenters. The lowest BCUT2D eigenvalue weighted by Crippen LogP contribution is -2.15. The molecule has 9 heteroatoms. The molecule has 2 rings (SSSR count). The van der Waals surface area contributed by atoms with Crippen LogP contribution < -0.4 is 5.56 Å². The fraction of sp³-hybridized carbons (Fsp3) is 0.0833. The second-order valence-electron chi connectivity index (χ2n) is 3.75. The van der Waals surface area contributed by atoms with Gasteiger partial charge in [0.2, 0.25) is 0 Å². The van der Waals surface area contributed by atoms with E-state index in [9.17, 15) is 13.6 Å². The molecular formula is C12H5Br2F2N3OS. The summed E-state index contributed by atoms with van der Waals surface area (Å²) in [5, 5.41) is 9.27. The van der Waals surface area contributed by atoms with E-state index < -0.39 is 17.2 Å². The Morgan fingerprint density at radius 3 is 2.67 bits per heavy atom. The van der Waals surface area contributed by atoms with E-state index in [1.807, 2.05) is 0 Å². The number of nitriles is 1. The number of H-pyrrole nitrogens is 1. The molecule has 0 aliphatic rings. The van der Waals surface area contributed by atoms with Gasteiger partial charge in [-0.05, 0) is 44.2 Å². The quantitative estimate of drug-likeness (QED) is 0.336. The average molecular weight is 437 g/mol. The first-order valence-corrected chi connectivity index (χ1v) is 8.13. The van der Waals surface area contributed by atoms with E-state index in [0.717, 1.165) is 17.8 Å². The van der Waals surface area contributed by atoms with Gasteiger partial charge in [0.25, 0.3) is 5.56 Å². The van der Waals surface area contributed by atoms with Gasteiger partial charge in [-0.2, -0.15) is 5.26 Å². The number of halogens is 4. The van der Waals surface area contributed by atoms with Crippen molar-refractivity contribution < 1.29 is 8.78 Å². The number of nitrogens with one attached hydrogen (secondary N) is 1.